The Morgan fingerprint density at radius 3 is 2.51 bits per heavy atom. The molecule has 0 saturated heterocycles. The highest BCUT2D eigenvalue weighted by Crippen LogP contribution is 2.26. The van der Waals surface area contributed by atoms with Crippen molar-refractivity contribution in [2.45, 2.75) is 24.4 Å². The first-order valence-corrected chi connectivity index (χ1v) is 12.7. The van der Waals surface area contributed by atoms with Crippen molar-refractivity contribution < 1.29 is 4.79 Å². The molecule has 5 aromatic rings. The number of aryl methyl sites for hydroxylation is 1. The molecule has 0 spiro atoms. The van der Waals surface area contributed by atoms with E-state index in [2.05, 4.69) is 15.5 Å². The number of thioether (sulfide) groups is 1. The van der Waals surface area contributed by atoms with E-state index in [0.29, 0.717) is 38.4 Å². The van der Waals surface area contributed by atoms with Crippen LogP contribution in [0.1, 0.15) is 25.9 Å². The van der Waals surface area contributed by atoms with E-state index in [4.69, 9.17) is 4.98 Å². The molecule has 0 aliphatic rings. The molecule has 2 aromatic heterocycles. The lowest BCUT2D eigenvalue weighted by molar-refractivity contribution is 0.0950. The van der Waals surface area contributed by atoms with Crippen LogP contribution in [0.5, 0.6) is 0 Å². The molecule has 1 N–H and O–H groups in total. The molecule has 1 amide bonds. The minimum absolute atomic E-state index is 0.127. The highest BCUT2D eigenvalue weighted by Gasteiger charge is 2.16. The Balaban J connectivity index is 1.34. The number of carbonyl (C=O) groups is 1. The van der Waals surface area contributed by atoms with Crippen LogP contribution >= 0.6 is 23.1 Å². The Hall–Kier alpha value is -3.82. The molecule has 0 saturated carbocycles. The second kappa shape index (κ2) is 10.2. The number of amides is 1. The topological polar surface area (TPSA) is 89.8 Å². The predicted molar refractivity (Wildman–Crippen MR) is 139 cm³/mol. The number of carbonyl (C=O) groups excluding carboxylic acids is 1. The molecule has 0 unspecified atom stereocenters. The molecule has 5 rings (SSSR count). The van der Waals surface area contributed by atoms with E-state index in [1.165, 1.54) is 28.7 Å². The Kier molecular flexibility index (Phi) is 6.69. The Labute approximate surface area is 209 Å². The molecule has 0 radical (unpaired) electrons. The zero-order valence-corrected chi connectivity index (χ0v) is 20.5. The van der Waals surface area contributed by atoms with Gasteiger partial charge in [0.25, 0.3) is 11.5 Å². The van der Waals surface area contributed by atoms with Gasteiger partial charge >= 0.3 is 0 Å². The van der Waals surface area contributed by atoms with Crippen LogP contribution in [0.4, 0.5) is 0 Å². The van der Waals surface area contributed by atoms with Crippen LogP contribution in [-0.4, -0.2) is 25.7 Å². The summed E-state index contributed by atoms with van der Waals surface area (Å²) in [5.41, 5.74) is 3.44. The maximum Gasteiger partial charge on any atom is 0.282 e. The molecule has 2 heterocycles. The van der Waals surface area contributed by atoms with Crippen LogP contribution in [-0.2, 0) is 12.3 Å². The van der Waals surface area contributed by atoms with Gasteiger partial charge in [-0.3, -0.25) is 14.2 Å². The van der Waals surface area contributed by atoms with Crippen molar-refractivity contribution in [2.24, 2.45) is 0 Å². The number of benzene rings is 3. The van der Waals surface area contributed by atoms with E-state index in [1.54, 1.807) is 10.6 Å². The number of aromatic nitrogens is 4. The third-order valence-corrected chi connectivity index (χ3v) is 7.37. The van der Waals surface area contributed by atoms with Crippen molar-refractivity contribution in [2.75, 3.05) is 0 Å². The standard InChI is InChI=1S/C26H21N5O2S2/c1-17-11-13-18(14-12-17)15-27-23(32)24-30-29-22(35-24)16-34-26-28-21-10-6-5-9-20(21)25(33)31(26)19-7-3-2-4-8-19/h2-14H,15-16H2,1H3,(H,27,32). The molecular formula is C26H21N5O2S2. The monoisotopic (exact) mass is 499 g/mol. The molecule has 7 nitrogen and oxygen atoms in total. The van der Waals surface area contributed by atoms with E-state index in [0.717, 1.165) is 11.3 Å². The van der Waals surface area contributed by atoms with Gasteiger partial charge in [0, 0.05) is 6.54 Å². The fraction of sp³-hybridized carbons (Fsp3) is 0.115. The number of nitrogens with one attached hydrogen (secondary N) is 1. The second-order valence-corrected chi connectivity index (χ2v) is 9.85. The van der Waals surface area contributed by atoms with Crippen molar-refractivity contribution >= 4 is 39.9 Å². The van der Waals surface area contributed by atoms with Gasteiger partial charge in [0.05, 0.1) is 22.3 Å². The normalized spacial score (nSPS) is 11.0. The van der Waals surface area contributed by atoms with Crippen molar-refractivity contribution in [3.8, 4) is 5.69 Å². The first-order chi connectivity index (χ1) is 17.1. The number of rotatable bonds is 7. The predicted octanol–water partition coefficient (Wildman–Crippen LogP) is 4.77. The summed E-state index contributed by atoms with van der Waals surface area (Å²) in [5, 5.41) is 13.2. The largest absolute Gasteiger partial charge is 0.346 e. The first-order valence-electron chi connectivity index (χ1n) is 10.9. The van der Waals surface area contributed by atoms with Gasteiger partial charge in [-0.15, -0.1) is 10.2 Å². The summed E-state index contributed by atoms with van der Waals surface area (Å²) in [5.74, 6) is 0.171. The number of nitrogens with zero attached hydrogens (tertiary/aromatic N) is 4. The maximum absolute atomic E-state index is 13.3. The molecule has 0 atom stereocenters. The molecule has 0 aliphatic carbocycles. The Morgan fingerprint density at radius 1 is 0.971 bits per heavy atom. The summed E-state index contributed by atoms with van der Waals surface area (Å²) in [4.78, 5) is 30.6. The smallest absolute Gasteiger partial charge is 0.282 e. The average Bonchev–Trinajstić information content (AvgIpc) is 3.37. The van der Waals surface area contributed by atoms with Crippen LogP contribution in [0.25, 0.3) is 16.6 Å². The highest BCUT2D eigenvalue weighted by molar-refractivity contribution is 7.98. The molecule has 0 aliphatic heterocycles. The fourth-order valence-electron chi connectivity index (χ4n) is 3.51. The lowest BCUT2D eigenvalue weighted by Gasteiger charge is -2.12. The second-order valence-electron chi connectivity index (χ2n) is 7.85. The zero-order valence-electron chi connectivity index (χ0n) is 18.8. The number of para-hydroxylation sites is 2. The van der Waals surface area contributed by atoms with Gasteiger partial charge in [0.15, 0.2) is 5.16 Å². The van der Waals surface area contributed by atoms with Crippen LogP contribution in [0.3, 0.4) is 0 Å². The Bertz CT molecular complexity index is 1550. The van der Waals surface area contributed by atoms with E-state index < -0.39 is 0 Å². The van der Waals surface area contributed by atoms with Crippen molar-refractivity contribution in [3.63, 3.8) is 0 Å². The van der Waals surface area contributed by atoms with Gasteiger partial charge in [-0.25, -0.2) is 4.98 Å². The van der Waals surface area contributed by atoms with Gasteiger partial charge < -0.3 is 5.32 Å². The Morgan fingerprint density at radius 2 is 1.71 bits per heavy atom. The average molecular weight is 500 g/mol. The van der Waals surface area contributed by atoms with E-state index in [9.17, 15) is 9.59 Å². The fourth-order valence-corrected chi connectivity index (χ4v) is 5.26. The van der Waals surface area contributed by atoms with Gasteiger partial charge in [-0.1, -0.05) is 83.3 Å². The number of hydrogen-bond donors (Lipinski definition) is 1. The molecule has 0 fully saturated rings. The van der Waals surface area contributed by atoms with Crippen molar-refractivity contribution in [3.05, 3.63) is 110 Å². The van der Waals surface area contributed by atoms with Gasteiger partial charge in [0.2, 0.25) is 5.01 Å². The molecule has 9 heteroatoms. The van der Waals surface area contributed by atoms with Gasteiger partial charge in [-0.2, -0.15) is 0 Å². The van der Waals surface area contributed by atoms with Crippen LogP contribution in [0.15, 0.2) is 88.8 Å². The minimum atomic E-state index is -0.260. The highest BCUT2D eigenvalue weighted by atomic mass is 32.2. The van der Waals surface area contributed by atoms with Gasteiger partial charge in [0.1, 0.15) is 5.01 Å². The summed E-state index contributed by atoms with van der Waals surface area (Å²) in [7, 11) is 0. The van der Waals surface area contributed by atoms with Crippen LogP contribution in [0.2, 0.25) is 0 Å². The summed E-state index contributed by atoms with van der Waals surface area (Å²) < 4.78 is 1.61. The molecule has 0 bridgehead atoms. The SMILES string of the molecule is Cc1ccc(CNC(=O)c2nnc(CSc3nc4ccccc4c(=O)n3-c3ccccc3)s2)cc1. The van der Waals surface area contributed by atoms with Gasteiger partial charge in [-0.05, 0) is 36.8 Å². The van der Waals surface area contributed by atoms with Crippen molar-refractivity contribution in [1.29, 1.82) is 0 Å². The summed E-state index contributed by atoms with van der Waals surface area (Å²) in [6, 6.07) is 24.7. The van der Waals surface area contributed by atoms with Crippen LogP contribution in [0, 0.1) is 6.92 Å². The minimum Gasteiger partial charge on any atom is -0.346 e. The summed E-state index contributed by atoms with van der Waals surface area (Å²) >= 11 is 2.63. The van der Waals surface area contributed by atoms with E-state index >= 15 is 0 Å². The molecule has 3 aromatic carbocycles. The van der Waals surface area contributed by atoms with E-state index in [-0.39, 0.29) is 11.5 Å². The third-order valence-electron chi connectivity index (χ3n) is 5.32. The number of fused-ring (bicyclic) bond motifs is 1. The van der Waals surface area contributed by atoms with Crippen molar-refractivity contribution in [1.82, 2.24) is 25.1 Å². The molecule has 35 heavy (non-hydrogen) atoms. The lowest BCUT2D eigenvalue weighted by Crippen LogP contribution is -2.22. The third kappa shape index (κ3) is 5.16. The van der Waals surface area contributed by atoms with Crippen LogP contribution < -0.4 is 10.9 Å². The lowest BCUT2D eigenvalue weighted by atomic mass is 10.1. The zero-order chi connectivity index (χ0) is 24.2. The first kappa shape index (κ1) is 22.9. The van der Waals surface area contributed by atoms with E-state index in [1.807, 2.05) is 79.7 Å². The maximum atomic E-state index is 13.3. The molecule has 174 valence electrons. The molecular weight excluding hydrogens is 478 g/mol. The summed E-state index contributed by atoms with van der Waals surface area (Å²) in [6.45, 7) is 2.45. The summed E-state index contributed by atoms with van der Waals surface area (Å²) in [6.07, 6.45) is 0. The number of hydrogen-bond acceptors (Lipinski definition) is 7. The quantitative estimate of drug-likeness (QED) is 0.256.